The summed E-state index contributed by atoms with van der Waals surface area (Å²) in [5.74, 6) is 0.520. The molecule has 0 saturated carbocycles. The number of rotatable bonds is 7. The summed E-state index contributed by atoms with van der Waals surface area (Å²) < 4.78 is 24.5. The van der Waals surface area contributed by atoms with Crippen molar-refractivity contribution in [2.75, 3.05) is 23.4 Å². The molecular formula is C25H23FN2O4. The molecule has 1 aliphatic rings. The van der Waals surface area contributed by atoms with Crippen LogP contribution in [0.4, 0.5) is 15.8 Å². The maximum absolute atomic E-state index is 13.1. The molecule has 1 atom stereocenters. The van der Waals surface area contributed by atoms with Gasteiger partial charge in [0, 0.05) is 5.69 Å². The van der Waals surface area contributed by atoms with Crippen LogP contribution in [0.1, 0.15) is 12.5 Å². The number of nitrogens with one attached hydrogen (secondary N) is 1. The molecule has 1 aliphatic heterocycles. The molecule has 0 bridgehead atoms. The molecule has 0 spiro atoms. The zero-order valence-corrected chi connectivity index (χ0v) is 17.6. The van der Waals surface area contributed by atoms with Crippen molar-refractivity contribution < 1.29 is 23.5 Å². The van der Waals surface area contributed by atoms with Gasteiger partial charge in [0.05, 0.1) is 18.7 Å². The Morgan fingerprint density at radius 2 is 1.84 bits per heavy atom. The summed E-state index contributed by atoms with van der Waals surface area (Å²) in [5.41, 5.74) is 1.81. The topological polar surface area (TPSA) is 67.9 Å². The molecule has 1 heterocycles. The second-order valence-electron chi connectivity index (χ2n) is 7.45. The van der Waals surface area contributed by atoms with Crippen molar-refractivity contribution in [3.8, 4) is 11.5 Å². The van der Waals surface area contributed by atoms with Gasteiger partial charge in [0.1, 0.15) is 23.9 Å². The average molecular weight is 434 g/mol. The first-order valence-electron chi connectivity index (χ1n) is 10.3. The van der Waals surface area contributed by atoms with Crippen molar-refractivity contribution in [3.05, 3.63) is 84.2 Å². The van der Waals surface area contributed by atoms with Crippen molar-refractivity contribution >= 4 is 23.2 Å². The minimum absolute atomic E-state index is 0.110. The molecule has 1 N–H and O–H groups in total. The van der Waals surface area contributed by atoms with Crippen molar-refractivity contribution in [2.45, 2.75) is 19.4 Å². The highest BCUT2D eigenvalue weighted by Gasteiger charge is 2.31. The lowest BCUT2D eigenvalue weighted by Crippen LogP contribution is -2.46. The third-order valence-electron chi connectivity index (χ3n) is 5.06. The first-order chi connectivity index (χ1) is 15.5. The van der Waals surface area contributed by atoms with E-state index < -0.39 is 6.10 Å². The number of para-hydroxylation sites is 1. The van der Waals surface area contributed by atoms with Crippen LogP contribution in [0.3, 0.4) is 0 Å². The number of nitrogens with zero attached hydrogens (tertiary/aromatic N) is 1. The quantitative estimate of drug-likeness (QED) is 0.605. The number of anilines is 2. The molecule has 0 fully saturated rings. The largest absolute Gasteiger partial charge is 0.492 e. The van der Waals surface area contributed by atoms with Gasteiger partial charge in [-0.1, -0.05) is 30.3 Å². The van der Waals surface area contributed by atoms with Crippen LogP contribution >= 0.6 is 0 Å². The van der Waals surface area contributed by atoms with Gasteiger partial charge in [-0.05, 0) is 55.0 Å². The number of halogens is 1. The average Bonchev–Trinajstić information content (AvgIpc) is 2.79. The summed E-state index contributed by atoms with van der Waals surface area (Å²) in [4.78, 5) is 26.8. The molecule has 3 aromatic rings. The summed E-state index contributed by atoms with van der Waals surface area (Å²) in [6.45, 7) is 2.35. The Morgan fingerprint density at radius 3 is 2.59 bits per heavy atom. The number of hydrogen-bond donors (Lipinski definition) is 1. The van der Waals surface area contributed by atoms with E-state index in [2.05, 4.69) is 5.32 Å². The van der Waals surface area contributed by atoms with Crippen molar-refractivity contribution in [1.29, 1.82) is 0 Å². The summed E-state index contributed by atoms with van der Waals surface area (Å²) in [5, 5.41) is 2.83. The van der Waals surface area contributed by atoms with Gasteiger partial charge < -0.3 is 19.7 Å². The number of benzene rings is 3. The molecule has 0 aromatic heterocycles. The molecule has 32 heavy (non-hydrogen) atoms. The summed E-state index contributed by atoms with van der Waals surface area (Å²) in [7, 11) is 0. The van der Waals surface area contributed by atoms with Crippen molar-refractivity contribution in [1.82, 2.24) is 0 Å². The van der Waals surface area contributed by atoms with Crippen LogP contribution in [0, 0.1) is 5.82 Å². The Hall–Kier alpha value is -3.87. The third kappa shape index (κ3) is 5.06. The number of hydrogen-bond acceptors (Lipinski definition) is 4. The number of fused-ring (bicyclic) bond motifs is 1. The molecule has 0 aliphatic carbocycles. The normalized spacial score (nSPS) is 15.0. The van der Waals surface area contributed by atoms with Crippen molar-refractivity contribution in [3.63, 3.8) is 0 Å². The Labute approximate surface area is 185 Å². The highest BCUT2D eigenvalue weighted by molar-refractivity contribution is 6.01. The minimum atomic E-state index is -0.613. The smallest absolute Gasteiger partial charge is 0.267 e. The third-order valence-corrected chi connectivity index (χ3v) is 5.06. The highest BCUT2D eigenvalue weighted by atomic mass is 19.1. The molecule has 0 radical (unpaired) electrons. The number of amides is 2. The Bertz CT molecular complexity index is 1100. The molecule has 0 saturated heterocycles. The van der Waals surface area contributed by atoms with E-state index in [0.29, 0.717) is 35.8 Å². The lowest BCUT2D eigenvalue weighted by Gasteiger charge is -2.33. The van der Waals surface area contributed by atoms with E-state index in [1.807, 2.05) is 30.3 Å². The molecule has 3 aromatic carbocycles. The van der Waals surface area contributed by atoms with Crippen LogP contribution in [0.15, 0.2) is 72.8 Å². The maximum atomic E-state index is 13.1. The van der Waals surface area contributed by atoms with Gasteiger partial charge in [0.25, 0.3) is 5.91 Å². The predicted octanol–water partition coefficient (Wildman–Crippen LogP) is 4.20. The standard InChI is InChI=1S/C25H23FN2O4/c1-17-25(30)28(13-14-31-21-5-3-2-4-6-21)22-16-20(11-12-23(22)32-17)27-24(29)15-18-7-9-19(26)10-8-18/h2-12,16-17H,13-15H2,1H3,(H,27,29). The molecule has 1 unspecified atom stereocenters. The van der Waals surface area contributed by atoms with Crippen molar-refractivity contribution in [2.24, 2.45) is 0 Å². The van der Waals surface area contributed by atoms with Gasteiger partial charge in [-0.3, -0.25) is 9.59 Å². The monoisotopic (exact) mass is 434 g/mol. The first-order valence-corrected chi connectivity index (χ1v) is 10.3. The van der Waals surface area contributed by atoms with E-state index in [1.165, 1.54) is 12.1 Å². The van der Waals surface area contributed by atoms with Gasteiger partial charge in [0.15, 0.2) is 6.10 Å². The van der Waals surface area contributed by atoms with Crippen LogP contribution in [0.5, 0.6) is 11.5 Å². The van der Waals surface area contributed by atoms with E-state index in [1.54, 1.807) is 42.2 Å². The Balaban J connectivity index is 1.46. The van der Waals surface area contributed by atoms with Gasteiger partial charge in [-0.2, -0.15) is 0 Å². The van der Waals surface area contributed by atoms with Gasteiger partial charge in [-0.15, -0.1) is 0 Å². The van der Waals surface area contributed by atoms with Crippen LogP contribution < -0.4 is 19.7 Å². The van der Waals surface area contributed by atoms with Crippen LogP contribution in [0.25, 0.3) is 0 Å². The van der Waals surface area contributed by atoms with Crippen LogP contribution in [-0.4, -0.2) is 31.1 Å². The molecule has 2 amide bonds. The van der Waals surface area contributed by atoms with Crippen LogP contribution in [0.2, 0.25) is 0 Å². The minimum Gasteiger partial charge on any atom is -0.492 e. The van der Waals surface area contributed by atoms with Gasteiger partial charge >= 0.3 is 0 Å². The first kappa shape index (κ1) is 21.4. The Kier molecular flexibility index (Phi) is 6.35. The number of carbonyl (C=O) groups is 2. The number of carbonyl (C=O) groups excluding carboxylic acids is 2. The summed E-state index contributed by atoms with van der Waals surface area (Å²) in [6, 6.07) is 20.3. The van der Waals surface area contributed by atoms with E-state index in [-0.39, 0.29) is 24.1 Å². The molecule has 164 valence electrons. The van der Waals surface area contributed by atoms with E-state index in [0.717, 1.165) is 5.75 Å². The fourth-order valence-corrected chi connectivity index (χ4v) is 3.48. The molecule has 4 rings (SSSR count). The second-order valence-corrected chi connectivity index (χ2v) is 7.45. The lowest BCUT2D eigenvalue weighted by molar-refractivity contribution is -0.125. The fourth-order valence-electron chi connectivity index (χ4n) is 3.48. The summed E-state index contributed by atoms with van der Waals surface area (Å²) >= 11 is 0. The Morgan fingerprint density at radius 1 is 1.09 bits per heavy atom. The van der Waals surface area contributed by atoms with E-state index in [9.17, 15) is 14.0 Å². The van der Waals surface area contributed by atoms with Crippen LogP contribution in [-0.2, 0) is 16.0 Å². The second kappa shape index (κ2) is 9.51. The molecule has 7 heteroatoms. The van der Waals surface area contributed by atoms with Gasteiger partial charge in [0.2, 0.25) is 5.91 Å². The lowest BCUT2D eigenvalue weighted by atomic mass is 10.1. The van der Waals surface area contributed by atoms with Gasteiger partial charge in [-0.25, -0.2) is 4.39 Å². The fraction of sp³-hybridized carbons (Fsp3) is 0.200. The zero-order valence-electron chi connectivity index (χ0n) is 17.6. The predicted molar refractivity (Wildman–Crippen MR) is 120 cm³/mol. The van der Waals surface area contributed by atoms with E-state index in [4.69, 9.17) is 9.47 Å². The van der Waals surface area contributed by atoms with E-state index >= 15 is 0 Å². The summed E-state index contributed by atoms with van der Waals surface area (Å²) in [6.07, 6.45) is -0.503. The highest BCUT2D eigenvalue weighted by Crippen LogP contribution is 2.36. The SMILES string of the molecule is CC1Oc2ccc(NC(=O)Cc3ccc(F)cc3)cc2N(CCOc2ccccc2)C1=O. The molecular weight excluding hydrogens is 411 g/mol. The number of ether oxygens (including phenoxy) is 2. The maximum Gasteiger partial charge on any atom is 0.267 e. The zero-order chi connectivity index (χ0) is 22.5. The molecule has 6 nitrogen and oxygen atoms in total.